The highest BCUT2D eigenvalue weighted by atomic mass is 35.5. The number of rotatable bonds is 5. The highest BCUT2D eigenvalue weighted by molar-refractivity contribution is 6.30. The summed E-state index contributed by atoms with van der Waals surface area (Å²) in [5, 5.41) is 10.3. The third-order valence-electron chi connectivity index (χ3n) is 3.20. The van der Waals surface area contributed by atoms with Crippen molar-refractivity contribution >= 4 is 11.6 Å². The van der Waals surface area contributed by atoms with E-state index in [1.165, 1.54) is 5.56 Å². The lowest BCUT2D eigenvalue weighted by Crippen LogP contribution is -2.07. The van der Waals surface area contributed by atoms with Gasteiger partial charge in [-0.3, -0.25) is 0 Å². The maximum atomic E-state index is 9.56. The van der Waals surface area contributed by atoms with Crippen LogP contribution in [0.2, 0.25) is 5.02 Å². The SMILES string of the molecule is COc1ccc(C(CO)Cc2ccc(Cl)cc2)cc1. The number of halogens is 1. The Hall–Kier alpha value is -1.51. The topological polar surface area (TPSA) is 29.5 Å². The zero-order chi connectivity index (χ0) is 13.7. The summed E-state index contributed by atoms with van der Waals surface area (Å²) >= 11 is 5.87. The molecule has 0 aromatic heterocycles. The molecular weight excluding hydrogens is 260 g/mol. The first-order valence-electron chi connectivity index (χ1n) is 6.22. The number of aliphatic hydroxyl groups excluding tert-OH is 1. The van der Waals surface area contributed by atoms with Gasteiger partial charge in [0.05, 0.1) is 13.7 Å². The smallest absolute Gasteiger partial charge is 0.118 e. The molecule has 3 heteroatoms. The van der Waals surface area contributed by atoms with Gasteiger partial charge in [0.1, 0.15) is 5.75 Å². The fraction of sp³-hybridized carbons (Fsp3) is 0.250. The van der Waals surface area contributed by atoms with Crippen LogP contribution in [0.4, 0.5) is 0 Å². The molecule has 0 heterocycles. The third kappa shape index (κ3) is 3.72. The lowest BCUT2D eigenvalue weighted by Gasteiger charge is -2.15. The molecule has 19 heavy (non-hydrogen) atoms. The summed E-state index contributed by atoms with van der Waals surface area (Å²) in [5.41, 5.74) is 2.28. The van der Waals surface area contributed by atoms with Gasteiger partial charge >= 0.3 is 0 Å². The zero-order valence-electron chi connectivity index (χ0n) is 10.8. The van der Waals surface area contributed by atoms with E-state index in [0.29, 0.717) is 0 Å². The second-order valence-electron chi connectivity index (χ2n) is 4.48. The van der Waals surface area contributed by atoms with Crippen LogP contribution in [-0.4, -0.2) is 18.8 Å². The summed E-state index contributed by atoms with van der Waals surface area (Å²) in [7, 11) is 1.65. The summed E-state index contributed by atoms with van der Waals surface area (Å²) in [6.45, 7) is 0.120. The van der Waals surface area contributed by atoms with Gasteiger partial charge in [0.2, 0.25) is 0 Å². The molecule has 0 fully saturated rings. The summed E-state index contributed by atoms with van der Waals surface area (Å²) < 4.78 is 5.14. The Morgan fingerprint density at radius 2 is 1.68 bits per heavy atom. The number of hydrogen-bond donors (Lipinski definition) is 1. The Bertz CT molecular complexity index is 505. The van der Waals surface area contributed by atoms with E-state index < -0.39 is 0 Å². The number of hydrogen-bond acceptors (Lipinski definition) is 2. The molecule has 1 atom stereocenters. The van der Waals surface area contributed by atoms with Gasteiger partial charge in [0, 0.05) is 10.9 Å². The number of aliphatic hydroxyl groups is 1. The van der Waals surface area contributed by atoms with Gasteiger partial charge in [-0.2, -0.15) is 0 Å². The summed E-state index contributed by atoms with van der Waals surface area (Å²) in [5.74, 6) is 0.916. The minimum absolute atomic E-state index is 0.0899. The maximum absolute atomic E-state index is 9.56. The lowest BCUT2D eigenvalue weighted by molar-refractivity contribution is 0.264. The van der Waals surface area contributed by atoms with Crippen LogP contribution in [-0.2, 0) is 6.42 Å². The first kappa shape index (κ1) is 13.9. The van der Waals surface area contributed by atoms with Crippen LogP contribution in [0.25, 0.3) is 0 Å². The fourth-order valence-electron chi connectivity index (χ4n) is 2.07. The quantitative estimate of drug-likeness (QED) is 0.903. The van der Waals surface area contributed by atoms with E-state index in [-0.39, 0.29) is 12.5 Å². The van der Waals surface area contributed by atoms with Gasteiger partial charge in [-0.05, 0) is 41.8 Å². The first-order valence-corrected chi connectivity index (χ1v) is 6.60. The Morgan fingerprint density at radius 3 is 2.21 bits per heavy atom. The van der Waals surface area contributed by atoms with Gasteiger partial charge in [-0.15, -0.1) is 0 Å². The van der Waals surface area contributed by atoms with Crippen LogP contribution in [0, 0.1) is 0 Å². The monoisotopic (exact) mass is 276 g/mol. The van der Waals surface area contributed by atoms with Crippen molar-refractivity contribution in [3.8, 4) is 5.75 Å². The summed E-state index contributed by atoms with van der Waals surface area (Å²) in [6, 6.07) is 15.6. The second-order valence-corrected chi connectivity index (χ2v) is 4.92. The van der Waals surface area contributed by atoms with Crippen LogP contribution in [0.1, 0.15) is 17.0 Å². The van der Waals surface area contributed by atoms with Gasteiger partial charge in [-0.25, -0.2) is 0 Å². The summed E-state index contributed by atoms with van der Waals surface area (Å²) in [4.78, 5) is 0. The molecule has 2 rings (SSSR count). The molecule has 0 spiro atoms. The average molecular weight is 277 g/mol. The molecule has 0 radical (unpaired) electrons. The van der Waals surface area contributed by atoms with Crippen LogP contribution < -0.4 is 4.74 Å². The minimum Gasteiger partial charge on any atom is -0.497 e. The predicted octanol–water partition coefficient (Wildman–Crippen LogP) is 3.67. The number of methoxy groups -OCH3 is 1. The number of ether oxygens (including phenoxy) is 1. The van der Waals surface area contributed by atoms with Crippen molar-refractivity contribution < 1.29 is 9.84 Å². The Labute approximate surface area is 118 Å². The summed E-state index contributed by atoms with van der Waals surface area (Å²) in [6.07, 6.45) is 0.792. The molecule has 0 amide bonds. The average Bonchev–Trinajstić information content (AvgIpc) is 2.47. The van der Waals surface area contributed by atoms with E-state index in [4.69, 9.17) is 16.3 Å². The van der Waals surface area contributed by atoms with Crippen molar-refractivity contribution in [2.24, 2.45) is 0 Å². The normalized spacial score (nSPS) is 12.2. The molecule has 2 aromatic rings. The van der Waals surface area contributed by atoms with Gasteiger partial charge in [-0.1, -0.05) is 35.9 Å². The van der Waals surface area contributed by atoms with Crippen molar-refractivity contribution in [1.29, 1.82) is 0 Å². The Kier molecular flexibility index (Phi) is 4.83. The molecule has 1 unspecified atom stereocenters. The largest absolute Gasteiger partial charge is 0.497 e. The van der Waals surface area contributed by atoms with Crippen LogP contribution in [0.3, 0.4) is 0 Å². The van der Waals surface area contributed by atoms with E-state index in [0.717, 1.165) is 22.8 Å². The fourth-order valence-corrected chi connectivity index (χ4v) is 2.19. The molecule has 0 aliphatic heterocycles. The highest BCUT2D eigenvalue weighted by Gasteiger charge is 2.11. The second kappa shape index (κ2) is 6.60. The molecule has 100 valence electrons. The van der Waals surface area contributed by atoms with Gasteiger partial charge < -0.3 is 9.84 Å². The maximum Gasteiger partial charge on any atom is 0.118 e. The molecule has 2 nitrogen and oxygen atoms in total. The molecule has 0 saturated carbocycles. The lowest BCUT2D eigenvalue weighted by atomic mass is 9.93. The Morgan fingerprint density at radius 1 is 1.05 bits per heavy atom. The molecule has 1 N–H and O–H groups in total. The van der Waals surface area contributed by atoms with Crippen LogP contribution in [0.15, 0.2) is 48.5 Å². The number of benzene rings is 2. The van der Waals surface area contributed by atoms with Crippen molar-refractivity contribution in [2.45, 2.75) is 12.3 Å². The minimum atomic E-state index is 0.0899. The van der Waals surface area contributed by atoms with E-state index >= 15 is 0 Å². The molecule has 0 aliphatic carbocycles. The van der Waals surface area contributed by atoms with Gasteiger partial charge in [0.15, 0.2) is 0 Å². The third-order valence-corrected chi connectivity index (χ3v) is 3.45. The van der Waals surface area contributed by atoms with E-state index in [1.54, 1.807) is 7.11 Å². The van der Waals surface area contributed by atoms with Crippen LogP contribution >= 0.6 is 11.6 Å². The van der Waals surface area contributed by atoms with Crippen molar-refractivity contribution in [2.75, 3.05) is 13.7 Å². The molecule has 2 aromatic carbocycles. The van der Waals surface area contributed by atoms with E-state index in [9.17, 15) is 5.11 Å². The Balaban J connectivity index is 2.12. The van der Waals surface area contributed by atoms with Crippen LogP contribution in [0.5, 0.6) is 5.75 Å². The van der Waals surface area contributed by atoms with E-state index in [1.807, 2.05) is 48.5 Å². The zero-order valence-corrected chi connectivity index (χ0v) is 11.6. The molecular formula is C16H17ClO2. The van der Waals surface area contributed by atoms with Crippen molar-refractivity contribution in [3.63, 3.8) is 0 Å². The highest BCUT2D eigenvalue weighted by Crippen LogP contribution is 2.23. The predicted molar refractivity (Wildman–Crippen MR) is 78.0 cm³/mol. The van der Waals surface area contributed by atoms with E-state index in [2.05, 4.69) is 0 Å². The van der Waals surface area contributed by atoms with Crippen molar-refractivity contribution in [3.05, 3.63) is 64.7 Å². The first-order chi connectivity index (χ1) is 9.22. The van der Waals surface area contributed by atoms with Gasteiger partial charge in [0.25, 0.3) is 0 Å². The molecule has 0 bridgehead atoms. The molecule has 0 saturated heterocycles. The standard InChI is InChI=1S/C16H17ClO2/c1-19-16-8-4-13(5-9-16)14(11-18)10-12-2-6-15(17)7-3-12/h2-9,14,18H,10-11H2,1H3. The van der Waals surface area contributed by atoms with Crippen molar-refractivity contribution in [1.82, 2.24) is 0 Å². The molecule has 0 aliphatic rings.